The third-order valence-corrected chi connectivity index (χ3v) is 6.31. The van der Waals surface area contributed by atoms with Crippen molar-refractivity contribution < 1.29 is 0 Å². The fourth-order valence-corrected chi connectivity index (χ4v) is 4.93. The highest BCUT2D eigenvalue weighted by Gasteiger charge is 2.16. The first kappa shape index (κ1) is 17.9. The van der Waals surface area contributed by atoms with Crippen LogP contribution in [0, 0.1) is 0 Å². The highest BCUT2D eigenvalue weighted by molar-refractivity contribution is 7.18. The average molecular weight is 396 g/mol. The lowest BCUT2D eigenvalue weighted by Crippen LogP contribution is -2.17. The standard InChI is InChI=1S/C21H21N3OS2/c1-3-5-14-7-9-15(10-8-14)22-13(2)19-23-20(25)18-16(12-27-21(18)24-19)17-6-4-11-26-17/h4,6-13,22H,3,5H2,1-2H3,(H,23,24,25)/t13-/m0/s1. The number of H-pyrrole nitrogens is 1. The molecule has 1 atom stereocenters. The molecule has 27 heavy (non-hydrogen) atoms. The molecule has 4 rings (SSSR count). The summed E-state index contributed by atoms with van der Waals surface area (Å²) >= 11 is 3.15. The van der Waals surface area contributed by atoms with Crippen LogP contribution in [0.5, 0.6) is 0 Å². The van der Waals surface area contributed by atoms with Crippen LogP contribution in [0.3, 0.4) is 0 Å². The van der Waals surface area contributed by atoms with E-state index in [-0.39, 0.29) is 11.6 Å². The second-order valence-corrected chi connectivity index (χ2v) is 8.38. The van der Waals surface area contributed by atoms with Crippen LogP contribution in [0.4, 0.5) is 5.69 Å². The first-order valence-electron chi connectivity index (χ1n) is 9.06. The van der Waals surface area contributed by atoms with Gasteiger partial charge in [-0.05, 0) is 42.5 Å². The van der Waals surface area contributed by atoms with Crippen molar-refractivity contribution in [1.82, 2.24) is 9.97 Å². The summed E-state index contributed by atoms with van der Waals surface area (Å²) in [5.41, 5.74) is 3.25. The highest BCUT2D eigenvalue weighted by Crippen LogP contribution is 2.33. The van der Waals surface area contributed by atoms with Crippen molar-refractivity contribution in [2.45, 2.75) is 32.7 Å². The number of hydrogen-bond donors (Lipinski definition) is 2. The Labute approximate surface area is 165 Å². The molecule has 0 spiro atoms. The molecule has 0 aliphatic heterocycles. The topological polar surface area (TPSA) is 57.8 Å². The van der Waals surface area contributed by atoms with Gasteiger partial charge in [-0.2, -0.15) is 0 Å². The van der Waals surface area contributed by atoms with Gasteiger partial charge in [0.05, 0.1) is 11.4 Å². The summed E-state index contributed by atoms with van der Waals surface area (Å²) in [7, 11) is 0. The number of aromatic amines is 1. The minimum absolute atomic E-state index is 0.0772. The van der Waals surface area contributed by atoms with Crippen LogP contribution in [0.2, 0.25) is 0 Å². The lowest BCUT2D eigenvalue weighted by Gasteiger charge is -2.15. The molecule has 0 radical (unpaired) electrons. The van der Waals surface area contributed by atoms with Gasteiger partial charge >= 0.3 is 0 Å². The molecule has 3 heterocycles. The molecule has 0 fully saturated rings. The first-order valence-corrected chi connectivity index (χ1v) is 10.8. The number of nitrogens with zero attached hydrogens (tertiary/aromatic N) is 1. The zero-order valence-corrected chi connectivity index (χ0v) is 16.9. The summed E-state index contributed by atoms with van der Waals surface area (Å²) in [4.78, 5) is 22.3. The van der Waals surface area contributed by atoms with Crippen LogP contribution in [-0.4, -0.2) is 9.97 Å². The molecule has 0 amide bonds. The summed E-state index contributed by atoms with van der Waals surface area (Å²) in [5.74, 6) is 0.657. The summed E-state index contributed by atoms with van der Waals surface area (Å²) in [6.07, 6.45) is 2.23. The molecule has 0 saturated heterocycles. The van der Waals surface area contributed by atoms with Crippen molar-refractivity contribution in [3.05, 3.63) is 68.9 Å². The van der Waals surface area contributed by atoms with Gasteiger partial charge < -0.3 is 10.3 Å². The van der Waals surface area contributed by atoms with Crippen molar-refractivity contribution in [2.24, 2.45) is 0 Å². The fourth-order valence-electron chi connectivity index (χ4n) is 3.16. The lowest BCUT2D eigenvalue weighted by atomic mass is 10.1. The van der Waals surface area contributed by atoms with Crippen LogP contribution in [0.25, 0.3) is 20.7 Å². The molecular weight excluding hydrogens is 374 g/mol. The molecule has 2 N–H and O–H groups in total. The van der Waals surface area contributed by atoms with Crippen molar-refractivity contribution in [1.29, 1.82) is 0 Å². The number of aromatic nitrogens is 2. The quantitative estimate of drug-likeness (QED) is 0.431. The predicted octanol–water partition coefficient (Wildman–Crippen LogP) is 5.84. The van der Waals surface area contributed by atoms with E-state index in [1.807, 2.05) is 29.8 Å². The van der Waals surface area contributed by atoms with Gasteiger partial charge in [-0.15, -0.1) is 22.7 Å². The molecule has 4 aromatic rings. The average Bonchev–Trinajstić information content (AvgIpc) is 3.32. The minimum atomic E-state index is -0.0913. The van der Waals surface area contributed by atoms with Crippen molar-refractivity contribution >= 4 is 38.6 Å². The second kappa shape index (κ2) is 7.66. The van der Waals surface area contributed by atoms with Crippen LogP contribution >= 0.6 is 22.7 Å². The molecule has 1 aromatic carbocycles. The smallest absolute Gasteiger partial charge is 0.260 e. The van der Waals surface area contributed by atoms with Crippen LogP contribution in [0.15, 0.2) is 52.0 Å². The SMILES string of the molecule is CCCc1ccc(N[C@@H](C)c2nc3scc(-c4cccs4)c3c(=O)[nH]2)cc1. The fraction of sp³-hybridized carbons (Fsp3) is 0.238. The van der Waals surface area contributed by atoms with Gasteiger partial charge in [-0.25, -0.2) is 4.98 Å². The predicted molar refractivity (Wildman–Crippen MR) is 116 cm³/mol. The third kappa shape index (κ3) is 3.68. The molecule has 4 nitrogen and oxygen atoms in total. The largest absolute Gasteiger partial charge is 0.375 e. The van der Waals surface area contributed by atoms with Crippen molar-refractivity contribution in [2.75, 3.05) is 5.32 Å². The number of hydrogen-bond acceptors (Lipinski definition) is 5. The third-order valence-electron chi connectivity index (χ3n) is 4.53. The molecule has 0 bridgehead atoms. The van der Waals surface area contributed by atoms with E-state index in [9.17, 15) is 4.79 Å². The molecular formula is C21H21N3OS2. The molecule has 6 heteroatoms. The van der Waals surface area contributed by atoms with Crippen molar-refractivity contribution in [3.8, 4) is 10.4 Å². The van der Waals surface area contributed by atoms with E-state index < -0.39 is 0 Å². The summed E-state index contributed by atoms with van der Waals surface area (Å²) < 4.78 is 0. The zero-order valence-electron chi connectivity index (χ0n) is 15.3. The van der Waals surface area contributed by atoms with Gasteiger partial charge in [0.1, 0.15) is 10.7 Å². The molecule has 0 unspecified atom stereocenters. The van der Waals surface area contributed by atoms with Crippen LogP contribution in [-0.2, 0) is 6.42 Å². The number of fused-ring (bicyclic) bond motifs is 1. The van der Waals surface area contributed by atoms with Crippen molar-refractivity contribution in [3.63, 3.8) is 0 Å². The van der Waals surface area contributed by atoms with E-state index in [4.69, 9.17) is 4.98 Å². The Kier molecular flexibility index (Phi) is 5.09. The van der Waals surface area contributed by atoms with E-state index in [1.165, 1.54) is 16.9 Å². The Morgan fingerprint density at radius 3 is 2.70 bits per heavy atom. The van der Waals surface area contributed by atoms with E-state index in [1.54, 1.807) is 11.3 Å². The Balaban J connectivity index is 1.61. The van der Waals surface area contributed by atoms with E-state index >= 15 is 0 Å². The molecule has 138 valence electrons. The monoisotopic (exact) mass is 395 g/mol. The number of nitrogens with one attached hydrogen (secondary N) is 2. The summed E-state index contributed by atoms with van der Waals surface area (Å²) in [6, 6.07) is 12.4. The molecule has 0 saturated carbocycles. The Bertz CT molecular complexity index is 1090. The summed E-state index contributed by atoms with van der Waals surface area (Å²) in [5, 5.41) is 8.15. The molecule has 0 aliphatic carbocycles. The number of aryl methyl sites for hydroxylation is 1. The van der Waals surface area contributed by atoms with Gasteiger partial charge in [-0.1, -0.05) is 31.5 Å². The maximum atomic E-state index is 12.7. The maximum absolute atomic E-state index is 12.7. The molecule has 3 aromatic heterocycles. The lowest BCUT2D eigenvalue weighted by molar-refractivity contribution is 0.792. The van der Waals surface area contributed by atoms with E-state index in [2.05, 4.69) is 41.5 Å². The number of anilines is 1. The normalized spacial score (nSPS) is 12.4. The van der Waals surface area contributed by atoms with Gasteiger partial charge in [0.15, 0.2) is 0 Å². The number of rotatable bonds is 6. The number of thiophene rings is 2. The summed E-state index contributed by atoms with van der Waals surface area (Å²) in [6.45, 7) is 4.19. The van der Waals surface area contributed by atoms with Crippen LogP contribution in [0.1, 0.15) is 37.7 Å². The highest BCUT2D eigenvalue weighted by atomic mass is 32.1. The number of benzene rings is 1. The minimum Gasteiger partial charge on any atom is -0.375 e. The zero-order chi connectivity index (χ0) is 18.8. The Morgan fingerprint density at radius 1 is 1.19 bits per heavy atom. The van der Waals surface area contributed by atoms with E-state index in [0.29, 0.717) is 11.2 Å². The Hall–Kier alpha value is -2.44. The Morgan fingerprint density at radius 2 is 2.00 bits per heavy atom. The molecule has 0 aliphatic rings. The van der Waals surface area contributed by atoms with Gasteiger partial charge in [-0.3, -0.25) is 4.79 Å². The maximum Gasteiger partial charge on any atom is 0.260 e. The van der Waals surface area contributed by atoms with Crippen LogP contribution < -0.4 is 10.9 Å². The van der Waals surface area contributed by atoms with E-state index in [0.717, 1.165) is 33.8 Å². The van der Waals surface area contributed by atoms with Gasteiger partial charge in [0.25, 0.3) is 5.56 Å². The second-order valence-electron chi connectivity index (χ2n) is 6.57. The first-order chi connectivity index (χ1) is 13.2. The van der Waals surface area contributed by atoms with Gasteiger partial charge in [0.2, 0.25) is 0 Å². The van der Waals surface area contributed by atoms with Gasteiger partial charge in [0, 0.05) is 21.5 Å².